The van der Waals surface area contributed by atoms with Crippen molar-refractivity contribution < 1.29 is 9.47 Å². The number of hydrogen-bond acceptors (Lipinski definition) is 7. The molecule has 3 aromatic rings. The lowest BCUT2D eigenvalue weighted by molar-refractivity contribution is -0.137. The van der Waals surface area contributed by atoms with Crippen LogP contribution in [0.3, 0.4) is 0 Å². The van der Waals surface area contributed by atoms with Gasteiger partial charge in [0.15, 0.2) is 16.7 Å². The normalized spacial score (nSPS) is 18.1. The second-order valence-corrected chi connectivity index (χ2v) is 8.28. The number of ether oxygens (including phenoxy) is 2. The lowest BCUT2D eigenvalue weighted by atomic mass is 10.2. The van der Waals surface area contributed by atoms with Crippen molar-refractivity contribution in [2.24, 2.45) is 0 Å². The SMILES string of the molecule is CC1(C)OCC(CNC(=S)NNc2ncnc3cc(-c4ccccc4)sc23)O1. The zero-order chi connectivity index (χ0) is 19.6. The highest BCUT2D eigenvalue weighted by Gasteiger charge is 2.32. The zero-order valence-corrected chi connectivity index (χ0v) is 17.2. The van der Waals surface area contributed by atoms with Gasteiger partial charge >= 0.3 is 0 Å². The zero-order valence-electron chi connectivity index (χ0n) is 15.6. The molecule has 3 heterocycles. The molecule has 9 heteroatoms. The molecule has 146 valence electrons. The molecule has 0 radical (unpaired) electrons. The van der Waals surface area contributed by atoms with Gasteiger partial charge in [-0.25, -0.2) is 9.97 Å². The third-order valence-electron chi connectivity index (χ3n) is 4.22. The van der Waals surface area contributed by atoms with Gasteiger partial charge in [0.1, 0.15) is 12.4 Å². The molecule has 2 aromatic heterocycles. The molecule has 1 aliphatic rings. The van der Waals surface area contributed by atoms with Crippen LogP contribution in [0.2, 0.25) is 0 Å². The lowest BCUT2D eigenvalue weighted by Gasteiger charge is -2.18. The van der Waals surface area contributed by atoms with Crippen molar-refractivity contribution in [1.29, 1.82) is 0 Å². The molecule has 0 bridgehead atoms. The summed E-state index contributed by atoms with van der Waals surface area (Å²) in [5, 5.41) is 3.58. The van der Waals surface area contributed by atoms with E-state index in [2.05, 4.69) is 44.3 Å². The fourth-order valence-corrected chi connectivity index (χ4v) is 4.11. The summed E-state index contributed by atoms with van der Waals surface area (Å²) in [6, 6.07) is 12.3. The van der Waals surface area contributed by atoms with E-state index in [1.807, 2.05) is 32.0 Å². The van der Waals surface area contributed by atoms with Crippen LogP contribution in [0.1, 0.15) is 13.8 Å². The summed E-state index contributed by atoms with van der Waals surface area (Å²) in [4.78, 5) is 9.85. The van der Waals surface area contributed by atoms with Gasteiger partial charge in [0.2, 0.25) is 0 Å². The van der Waals surface area contributed by atoms with Crippen molar-refractivity contribution in [3.8, 4) is 10.4 Å². The van der Waals surface area contributed by atoms with Gasteiger partial charge < -0.3 is 14.8 Å². The van der Waals surface area contributed by atoms with Crippen molar-refractivity contribution in [1.82, 2.24) is 20.7 Å². The first kappa shape index (κ1) is 19.0. The summed E-state index contributed by atoms with van der Waals surface area (Å²) in [5.41, 5.74) is 8.10. The molecule has 1 aromatic carbocycles. The van der Waals surface area contributed by atoms with Crippen LogP contribution in [-0.2, 0) is 9.47 Å². The molecule has 28 heavy (non-hydrogen) atoms. The molecule has 7 nitrogen and oxygen atoms in total. The molecule has 1 saturated heterocycles. The van der Waals surface area contributed by atoms with Crippen molar-refractivity contribution in [3.05, 3.63) is 42.7 Å². The highest BCUT2D eigenvalue weighted by molar-refractivity contribution is 7.80. The monoisotopic (exact) mass is 415 g/mol. The van der Waals surface area contributed by atoms with Crippen LogP contribution >= 0.6 is 23.6 Å². The standard InChI is InChI=1S/C19H21N5O2S2/c1-19(2)25-10-13(26-19)9-20-18(27)24-23-17-16-14(21-11-22-17)8-15(28-16)12-6-4-3-5-7-12/h3-8,11,13H,9-10H2,1-2H3,(H2,20,24,27)(H,21,22,23). The summed E-state index contributed by atoms with van der Waals surface area (Å²) in [7, 11) is 0. The number of nitrogens with one attached hydrogen (secondary N) is 3. The van der Waals surface area contributed by atoms with E-state index in [4.69, 9.17) is 21.7 Å². The Balaban J connectivity index is 1.38. The van der Waals surface area contributed by atoms with Gasteiger partial charge in [-0.15, -0.1) is 11.3 Å². The number of thiocarbonyl (C=S) groups is 1. The average molecular weight is 416 g/mol. The van der Waals surface area contributed by atoms with Gasteiger partial charge in [-0.05, 0) is 37.7 Å². The maximum absolute atomic E-state index is 5.75. The molecule has 4 rings (SSSR count). The van der Waals surface area contributed by atoms with E-state index in [1.165, 1.54) is 6.33 Å². The van der Waals surface area contributed by atoms with Gasteiger partial charge in [-0.3, -0.25) is 10.9 Å². The fraction of sp³-hybridized carbons (Fsp3) is 0.316. The number of nitrogens with zero attached hydrogens (tertiary/aromatic N) is 2. The van der Waals surface area contributed by atoms with Gasteiger partial charge in [-0.1, -0.05) is 30.3 Å². The second kappa shape index (κ2) is 7.96. The molecule has 0 spiro atoms. The number of hydrogen-bond donors (Lipinski definition) is 3. The van der Waals surface area contributed by atoms with Gasteiger partial charge in [0.25, 0.3) is 0 Å². The quantitative estimate of drug-likeness (QED) is 0.433. The predicted octanol–water partition coefficient (Wildman–Crippen LogP) is 3.30. The van der Waals surface area contributed by atoms with E-state index < -0.39 is 5.79 Å². The molecular formula is C19H21N5O2S2. The maximum atomic E-state index is 5.75. The second-order valence-electron chi connectivity index (χ2n) is 6.82. The number of thiophene rings is 1. The van der Waals surface area contributed by atoms with E-state index >= 15 is 0 Å². The fourth-order valence-electron chi connectivity index (χ4n) is 2.92. The van der Waals surface area contributed by atoms with E-state index in [0.717, 1.165) is 20.7 Å². The highest BCUT2D eigenvalue weighted by Crippen LogP contribution is 2.35. The van der Waals surface area contributed by atoms with E-state index in [9.17, 15) is 0 Å². The van der Waals surface area contributed by atoms with E-state index in [1.54, 1.807) is 11.3 Å². The first-order chi connectivity index (χ1) is 13.5. The van der Waals surface area contributed by atoms with Crippen molar-refractivity contribution in [2.45, 2.75) is 25.7 Å². The van der Waals surface area contributed by atoms with Crippen molar-refractivity contribution >= 4 is 44.7 Å². The maximum Gasteiger partial charge on any atom is 0.185 e. The largest absolute Gasteiger partial charge is 0.359 e. The number of fused-ring (bicyclic) bond motifs is 1. The topological polar surface area (TPSA) is 80.3 Å². The number of hydrazine groups is 1. The summed E-state index contributed by atoms with van der Waals surface area (Å²) < 4.78 is 12.3. The first-order valence-corrected chi connectivity index (χ1v) is 10.1. The molecule has 1 unspecified atom stereocenters. The van der Waals surface area contributed by atoms with Crippen molar-refractivity contribution in [3.63, 3.8) is 0 Å². The molecule has 1 atom stereocenters. The Morgan fingerprint density at radius 3 is 2.86 bits per heavy atom. The summed E-state index contributed by atoms with van der Waals surface area (Å²) >= 11 is 6.96. The Bertz CT molecular complexity index is 977. The smallest absolute Gasteiger partial charge is 0.185 e. The summed E-state index contributed by atoms with van der Waals surface area (Å²) in [6.07, 6.45) is 1.50. The van der Waals surface area contributed by atoms with E-state index in [-0.39, 0.29) is 6.10 Å². The molecular weight excluding hydrogens is 394 g/mol. The lowest BCUT2D eigenvalue weighted by Crippen LogP contribution is -2.43. The van der Waals surface area contributed by atoms with Crippen LogP contribution in [0.25, 0.3) is 20.7 Å². The number of rotatable bonds is 5. The minimum absolute atomic E-state index is 0.0359. The highest BCUT2D eigenvalue weighted by atomic mass is 32.1. The number of benzene rings is 1. The van der Waals surface area contributed by atoms with Gasteiger partial charge in [0, 0.05) is 11.4 Å². The third-order valence-corrected chi connectivity index (χ3v) is 5.65. The van der Waals surface area contributed by atoms with Crippen LogP contribution in [-0.4, -0.2) is 40.1 Å². The predicted molar refractivity (Wildman–Crippen MR) is 115 cm³/mol. The van der Waals surface area contributed by atoms with Crippen LogP contribution in [0.5, 0.6) is 0 Å². The summed E-state index contributed by atoms with van der Waals surface area (Å²) in [6.45, 7) is 4.90. The Labute approximate surface area is 172 Å². The van der Waals surface area contributed by atoms with Gasteiger partial charge in [-0.2, -0.15) is 0 Å². The van der Waals surface area contributed by atoms with Crippen LogP contribution in [0, 0.1) is 0 Å². The molecule has 0 saturated carbocycles. The van der Waals surface area contributed by atoms with Crippen LogP contribution in [0.4, 0.5) is 5.82 Å². The van der Waals surface area contributed by atoms with Gasteiger partial charge in [0.05, 0.1) is 16.8 Å². The van der Waals surface area contributed by atoms with Crippen molar-refractivity contribution in [2.75, 3.05) is 18.6 Å². The Hall–Kier alpha value is -2.33. The van der Waals surface area contributed by atoms with Crippen LogP contribution < -0.4 is 16.2 Å². The van der Waals surface area contributed by atoms with E-state index in [0.29, 0.717) is 24.1 Å². The molecule has 3 N–H and O–H groups in total. The minimum Gasteiger partial charge on any atom is -0.359 e. The number of aromatic nitrogens is 2. The minimum atomic E-state index is -0.540. The molecule has 1 aliphatic heterocycles. The molecule has 0 amide bonds. The summed E-state index contributed by atoms with van der Waals surface area (Å²) in [5.74, 6) is 0.143. The molecule has 1 fully saturated rings. The Morgan fingerprint density at radius 2 is 2.11 bits per heavy atom. The molecule has 0 aliphatic carbocycles. The Morgan fingerprint density at radius 1 is 1.29 bits per heavy atom. The Kier molecular flexibility index (Phi) is 5.40. The first-order valence-electron chi connectivity index (χ1n) is 8.92. The van der Waals surface area contributed by atoms with Crippen LogP contribution in [0.15, 0.2) is 42.7 Å². The number of anilines is 1. The third kappa shape index (κ3) is 4.39. The average Bonchev–Trinajstić information content (AvgIpc) is 3.28.